The van der Waals surface area contributed by atoms with E-state index in [0.29, 0.717) is 0 Å². The molecule has 0 heterocycles. The van der Waals surface area contributed by atoms with Crippen molar-refractivity contribution in [3.8, 4) is 0 Å². The van der Waals surface area contributed by atoms with Crippen LogP contribution >= 0.6 is 11.8 Å². The fourth-order valence-electron chi connectivity index (χ4n) is 2.18. The van der Waals surface area contributed by atoms with E-state index in [-0.39, 0.29) is 0 Å². The van der Waals surface area contributed by atoms with Crippen molar-refractivity contribution in [2.24, 2.45) is 0 Å². The van der Waals surface area contributed by atoms with Crippen LogP contribution in [-0.4, -0.2) is 24.1 Å². The fourth-order valence-corrected chi connectivity index (χ4v) is 3.78. The highest BCUT2D eigenvalue weighted by atomic mass is 32.2. The highest BCUT2D eigenvalue weighted by molar-refractivity contribution is 7.99. The molecule has 14 heavy (non-hydrogen) atoms. The monoisotopic (exact) mass is 215 g/mol. The molecule has 84 valence electrons. The summed E-state index contributed by atoms with van der Waals surface area (Å²) in [5, 5.41) is 4.38. The Bertz CT molecular complexity index is 138. The molecule has 0 aromatic carbocycles. The number of rotatable bonds is 5. The highest BCUT2D eigenvalue weighted by Gasteiger charge is 2.21. The Morgan fingerprint density at radius 2 is 2.00 bits per heavy atom. The Labute approximate surface area is 93.4 Å². The van der Waals surface area contributed by atoms with E-state index in [1.54, 1.807) is 0 Å². The molecule has 1 N–H and O–H groups in total. The molecule has 1 aliphatic carbocycles. The van der Waals surface area contributed by atoms with Crippen LogP contribution in [0.1, 0.15) is 51.9 Å². The van der Waals surface area contributed by atoms with Gasteiger partial charge in [-0.1, -0.05) is 32.6 Å². The third kappa shape index (κ3) is 4.22. The molecule has 2 heteroatoms. The van der Waals surface area contributed by atoms with Crippen LogP contribution in [0.2, 0.25) is 0 Å². The smallest absolute Gasteiger partial charge is 0.0201 e. The molecule has 2 atom stereocenters. The predicted molar refractivity (Wildman–Crippen MR) is 67.1 cm³/mol. The van der Waals surface area contributed by atoms with E-state index in [1.165, 1.54) is 50.7 Å². The van der Waals surface area contributed by atoms with Crippen LogP contribution < -0.4 is 5.32 Å². The zero-order valence-corrected chi connectivity index (χ0v) is 10.5. The van der Waals surface area contributed by atoms with Crippen molar-refractivity contribution in [1.29, 1.82) is 0 Å². The molecule has 2 unspecified atom stereocenters. The van der Waals surface area contributed by atoms with Crippen LogP contribution in [0.3, 0.4) is 0 Å². The van der Waals surface area contributed by atoms with Crippen LogP contribution in [0.15, 0.2) is 0 Å². The number of unbranched alkanes of at least 4 members (excludes halogenated alkanes) is 1. The Kier molecular flexibility index (Phi) is 6.70. The topological polar surface area (TPSA) is 12.0 Å². The molecular weight excluding hydrogens is 190 g/mol. The summed E-state index contributed by atoms with van der Waals surface area (Å²) in [5.74, 6) is 1.36. The molecule has 0 radical (unpaired) electrons. The second-order valence-corrected chi connectivity index (χ2v) is 5.64. The Balaban J connectivity index is 2.28. The number of hydrogen-bond acceptors (Lipinski definition) is 2. The molecule has 1 nitrogen and oxygen atoms in total. The number of hydrogen-bond donors (Lipinski definition) is 1. The van der Waals surface area contributed by atoms with E-state index in [2.05, 4.69) is 31.1 Å². The van der Waals surface area contributed by atoms with Gasteiger partial charge in [-0.15, -0.1) is 0 Å². The minimum Gasteiger partial charge on any atom is -0.316 e. The van der Waals surface area contributed by atoms with E-state index >= 15 is 0 Å². The average Bonchev–Trinajstić information content (AvgIpc) is 2.43. The SMILES string of the molecule is CCCCSC1CCCCCC1NC. The summed E-state index contributed by atoms with van der Waals surface area (Å²) in [6.45, 7) is 2.28. The molecular formula is C12H25NS. The van der Waals surface area contributed by atoms with Gasteiger partial charge in [0, 0.05) is 11.3 Å². The largest absolute Gasteiger partial charge is 0.316 e. The Hall–Kier alpha value is 0.310. The zero-order valence-electron chi connectivity index (χ0n) is 9.72. The maximum atomic E-state index is 3.50. The van der Waals surface area contributed by atoms with Crippen molar-refractivity contribution in [1.82, 2.24) is 5.32 Å². The Morgan fingerprint density at radius 3 is 2.71 bits per heavy atom. The van der Waals surface area contributed by atoms with Gasteiger partial charge in [0.25, 0.3) is 0 Å². The van der Waals surface area contributed by atoms with Crippen molar-refractivity contribution in [2.45, 2.75) is 63.2 Å². The van der Waals surface area contributed by atoms with E-state index in [0.717, 1.165) is 11.3 Å². The predicted octanol–water partition coefficient (Wildman–Crippen LogP) is 3.44. The van der Waals surface area contributed by atoms with Crippen LogP contribution in [-0.2, 0) is 0 Å². The first-order chi connectivity index (χ1) is 6.88. The molecule has 1 fully saturated rings. The summed E-state index contributed by atoms with van der Waals surface area (Å²) in [5.41, 5.74) is 0. The van der Waals surface area contributed by atoms with Gasteiger partial charge >= 0.3 is 0 Å². The molecule has 0 spiro atoms. The zero-order chi connectivity index (χ0) is 10.2. The molecule has 0 aliphatic heterocycles. The maximum absolute atomic E-state index is 3.50. The summed E-state index contributed by atoms with van der Waals surface area (Å²) in [6.07, 6.45) is 9.86. The van der Waals surface area contributed by atoms with Crippen molar-refractivity contribution >= 4 is 11.8 Å². The van der Waals surface area contributed by atoms with Crippen LogP contribution in [0.4, 0.5) is 0 Å². The van der Waals surface area contributed by atoms with Crippen molar-refractivity contribution in [3.63, 3.8) is 0 Å². The fraction of sp³-hybridized carbons (Fsp3) is 1.00. The third-order valence-corrected chi connectivity index (χ3v) is 4.67. The second-order valence-electron chi connectivity index (χ2n) is 4.30. The number of nitrogens with one attached hydrogen (secondary N) is 1. The van der Waals surface area contributed by atoms with E-state index < -0.39 is 0 Å². The van der Waals surface area contributed by atoms with Gasteiger partial charge in [-0.2, -0.15) is 11.8 Å². The molecule has 0 bridgehead atoms. The third-order valence-electron chi connectivity index (χ3n) is 3.15. The van der Waals surface area contributed by atoms with E-state index in [4.69, 9.17) is 0 Å². The quantitative estimate of drug-likeness (QED) is 0.557. The van der Waals surface area contributed by atoms with Crippen molar-refractivity contribution in [2.75, 3.05) is 12.8 Å². The van der Waals surface area contributed by atoms with Crippen LogP contribution in [0, 0.1) is 0 Å². The van der Waals surface area contributed by atoms with Gasteiger partial charge in [0.15, 0.2) is 0 Å². The minimum absolute atomic E-state index is 0.777. The number of thioether (sulfide) groups is 1. The van der Waals surface area contributed by atoms with Gasteiger partial charge in [0.1, 0.15) is 0 Å². The van der Waals surface area contributed by atoms with Gasteiger partial charge in [0.05, 0.1) is 0 Å². The average molecular weight is 215 g/mol. The highest BCUT2D eigenvalue weighted by Crippen LogP contribution is 2.28. The van der Waals surface area contributed by atoms with E-state index in [1.807, 2.05) is 0 Å². The van der Waals surface area contributed by atoms with E-state index in [9.17, 15) is 0 Å². The van der Waals surface area contributed by atoms with Crippen LogP contribution in [0.5, 0.6) is 0 Å². The summed E-state index contributed by atoms with van der Waals surface area (Å²) in [4.78, 5) is 0. The first-order valence-electron chi connectivity index (χ1n) is 6.17. The van der Waals surface area contributed by atoms with Gasteiger partial charge < -0.3 is 5.32 Å². The molecule has 0 amide bonds. The lowest BCUT2D eigenvalue weighted by atomic mass is 10.1. The lowest BCUT2D eigenvalue weighted by molar-refractivity contribution is 0.510. The lowest BCUT2D eigenvalue weighted by Crippen LogP contribution is -2.34. The summed E-state index contributed by atoms with van der Waals surface area (Å²) in [7, 11) is 2.13. The van der Waals surface area contributed by atoms with Gasteiger partial charge in [0.2, 0.25) is 0 Å². The normalized spacial score (nSPS) is 28.7. The lowest BCUT2D eigenvalue weighted by Gasteiger charge is -2.24. The minimum atomic E-state index is 0.777. The first-order valence-corrected chi connectivity index (χ1v) is 7.22. The molecule has 0 aromatic heterocycles. The first kappa shape index (κ1) is 12.4. The van der Waals surface area contributed by atoms with Gasteiger partial charge in [-0.25, -0.2) is 0 Å². The molecule has 1 saturated carbocycles. The van der Waals surface area contributed by atoms with Crippen molar-refractivity contribution < 1.29 is 0 Å². The van der Waals surface area contributed by atoms with Crippen LogP contribution in [0.25, 0.3) is 0 Å². The standard InChI is InChI=1S/C12H25NS/c1-3-4-10-14-12-9-7-5-6-8-11(12)13-2/h11-13H,3-10H2,1-2H3. The summed E-state index contributed by atoms with van der Waals surface area (Å²) >= 11 is 2.21. The van der Waals surface area contributed by atoms with Gasteiger partial charge in [-0.3, -0.25) is 0 Å². The van der Waals surface area contributed by atoms with Crippen molar-refractivity contribution in [3.05, 3.63) is 0 Å². The Morgan fingerprint density at radius 1 is 1.21 bits per heavy atom. The summed E-state index contributed by atoms with van der Waals surface area (Å²) in [6, 6.07) is 0.777. The summed E-state index contributed by atoms with van der Waals surface area (Å²) < 4.78 is 0. The molecule has 1 rings (SSSR count). The van der Waals surface area contributed by atoms with Gasteiger partial charge in [-0.05, 0) is 32.1 Å². The maximum Gasteiger partial charge on any atom is 0.0201 e. The molecule has 0 aromatic rings. The molecule has 0 saturated heterocycles. The second kappa shape index (κ2) is 7.58. The molecule has 1 aliphatic rings.